The number of esters is 1. The Balaban J connectivity index is 2.34. The molecule has 0 saturated heterocycles. The quantitative estimate of drug-likeness (QED) is 0.817. The lowest BCUT2D eigenvalue weighted by Gasteiger charge is -2.13. The highest BCUT2D eigenvalue weighted by Crippen LogP contribution is 2.26. The van der Waals surface area contributed by atoms with Crippen molar-refractivity contribution in [1.82, 2.24) is 9.97 Å². The smallest absolute Gasteiger partial charge is 0.328 e. The molecule has 0 aliphatic rings. The van der Waals surface area contributed by atoms with Crippen LogP contribution in [0.25, 0.3) is 10.2 Å². The molecule has 102 valence electrons. The van der Waals surface area contributed by atoms with Gasteiger partial charge < -0.3 is 15.4 Å². The molecule has 19 heavy (non-hydrogen) atoms. The fourth-order valence-electron chi connectivity index (χ4n) is 1.64. The third-order valence-electron chi connectivity index (χ3n) is 2.57. The van der Waals surface area contributed by atoms with Crippen molar-refractivity contribution < 1.29 is 9.53 Å². The fraction of sp³-hybridized carbons (Fsp3) is 0.417. The molecule has 1 unspecified atom stereocenters. The second-order valence-corrected chi connectivity index (χ2v) is 4.85. The van der Waals surface area contributed by atoms with Gasteiger partial charge in [-0.2, -0.15) is 4.98 Å². The van der Waals surface area contributed by atoms with Crippen LogP contribution in [0.3, 0.4) is 0 Å². The highest BCUT2D eigenvalue weighted by atomic mass is 32.1. The van der Waals surface area contributed by atoms with Crippen molar-refractivity contribution in [2.45, 2.75) is 19.9 Å². The molecule has 0 spiro atoms. The predicted molar refractivity (Wildman–Crippen MR) is 76.7 cm³/mol. The zero-order chi connectivity index (χ0) is 13.8. The van der Waals surface area contributed by atoms with E-state index < -0.39 is 6.04 Å². The Labute approximate surface area is 115 Å². The van der Waals surface area contributed by atoms with Gasteiger partial charge in [0.1, 0.15) is 16.7 Å². The van der Waals surface area contributed by atoms with Gasteiger partial charge in [-0.3, -0.25) is 0 Å². The average molecular weight is 280 g/mol. The summed E-state index contributed by atoms with van der Waals surface area (Å²) in [5.41, 5.74) is 0. The van der Waals surface area contributed by atoms with Gasteiger partial charge in [0, 0.05) is 6.54 Å². The van der Waals surface area contributed by atoms with Gasteiger partial charge in [0.05, 0.1) is 12.5 Å². The van der Waals surface area contributed by atoms with Crippen LogP contribution in [-0.4, -0.2) is 35.6 Å². The number of nitrogens with zero attached hydrogens (tertiary/aromatic N) is 2. The van der Waals surface area contributed by atoms with E-state index in [1.165, 1.54) is 18.4 Å². The van der Waals surface area contributed by atoms with Crippen LogP contribution in [0.2, 0.25) is 0 Å². The molecule has 0 fully saturated rings. The van der Waals surface area contributed by atoms with Crippen molar-refractivity contribution in [3.63, 3.8) is 0 Å². The summed E-state index contributed by atoms with van der Waals surface area (Å²) in [7, 11) is 1.37. The van der Waals surface area contributed by atoms with Gasteiger partial charge in [0.2, 0.25) is 5.95 Å². The van der Waals surface area contributed by atoms with Crippen molar-refractivity contribution in [3.8, 4) is 0 Å². The van der Waals surface area contributed by atoms with E-state index in [-0.39, 0.29) is 5.97 Å². The second-order valence-electron chi connectivity index (χ2n) is 3.95. The van der Waals surface area contributed by atoms with Gasteiger partial charge in [-0.25, -0.2) is 9.78 Å². The Morgan fingerprint density at radius 2 is 2.32 bits per heavy atom. The van der Waals surface area contributed by atoms with Crippen LogP contribution in [-0.2, 0) is 9.53 Å². The first-order valence-corrected chi connectivity index (χ1v) is 6.87. The first kappa shape index (κ1) is 13.5. The highest BCUT2D eigenvalue weighted by molar-refractivity contribution is 7.16. The molecule has 1 atom stereocenters. The van der Waals surface area contributed by atoms with E-state index >= 15 is 0 Å². The summed E-state index contributed by atoms with van der Waals surface area (Å²) in [5, 5.41) is 8.99. The summed E-state index contributed by atoms with van der Waals surface area (Å²) < 4.78 is 4.70. The van der Waals surface area contributed by atoms with Crippen molar-refractivity contribution >= 4 is 39.3 Å². The van der Waals surface area contributed by atoms with Crippen molar-refractivity contribution in [1.29, 1.82) is 0 Å². The second kappa shape index (κ2) is 5.83. The predicted octanol–water partition coefficient (Wildman–Crippen LogP) is 2.10. The first-order valence-electron chi connectivity index (χ1n) is 5.99. The zero-order valence-corrected chi connectivity index (χ0v) is 11.9. The van der Waals surface area contributed by atoms with Crippen molar-refractivity contribution in [2.24, 2.45) is 0 Å². The number of aromatic nitrogens is 2. The Bertz CT molecular complexity index is 584. The number of rotatable bonds is 5. The molecule has 0 amide bonds. The molecule has 2 aromatic heterocycles. The summed E-state index contributed by atoms with van der Waals surface area (Å²) in [6.45, 7) is 4.45. The third kappa shape index (κ3) is 2.93. The van der Waals surface area contributed by atoms with Gasteiger partial charge in [-0.1, -0.05) is 0 Å². The van der Waals surface area contributed by atoms with E-state index in [2.05, 4.69) is 20.6 Å². The molecule has 0 aliphatic carbocycles. The minimum absolute atomic E-state index is 0.327. The number of hydrogen-bond donors (Lipinski definition) is 2. The topological polar surface area (TPSA) is 76.1 Å². The van der Waals surface area contributed by atoms with Crippen LogP contribution in [0, 0.1) is 0 Å². The summed E-state index contributed by atoms with van der Waals surface area (Å²) in [4.78, 5) is 21.1. The summed E-state index contributed by atoms with van der Waals surface area (Å²) in [5.74, 6) is 0.865. The van der Waals surface area contributed by atoms with Crippen molar-refractivity contribution in [2.75, 3.05) is 24.3 Å². The number of methoxy groups -OCH3 is 1. The highest BCUT2D eigenvalue weighted by Gasteiger charge is 2.16. The standard InChI is InChI=1S/C12H16N4O2S/c1-4-13-12-15-9(14-7(2)11(17)18-3)8-5-6-19-10(8)16-12/h5-7H,4H2,1-3H3,(H2,13,14,15,16). The summed E-state index contributed by atoms with van der Waals surface area (Å²) in [6.07, 6.45) is 0. The maximum atomic E-state index is 11.5. The molecule has 0 radical (unpaired) electrons. The number of carbonyl (C=O) groups excluding carboxylic acids is 1. The van der Waals surface area contributed by atoms with Crippen LogP contribution >= 0.6 is 11.3 Å². The van der Waals surface area contributed by atoms with Crippen LogP contribution < -0.4 is 10.6 Å². The molecule has 0 aliphatic heterocycles. The van der Waals surface area contributed by atoms with Gasteiger partial charge in [0.25, 0.3) is 0 Å². The average Bonchev–Trinajstić information content (AvgIpc) is 2.86. The van der Waals surface area contributed by atoms with E-state index in [0.717, 1.165) is 16.8 Å². The lowest BCUT2D eigenvalue weighted by atomic mass is 10.3. The number of ether oxygens (including phenoxy) is 1. The molecule has 2 heterocycles. The fourth-order valence-corrected chi connectivity index (χ4v) is 2.41. The lowest BCUT2D eigenvalue weighted by molar-refractivity contribution is -0.141. The number of hydrogen-bond acceptors (Lipinski definition) is 7. The maximum absolute atomic E-state index is 11.5. The monoisotopic (exact) mass is 280 g/mol. The molecular formula is C12H16N4O2S. The Kier molecular flexibility index (Phi) is 4.16. The Morgan fingerprint density at radius 1 is 1.53 bits per heavy atom. The number of carbonyl (C=O) groups is 1. The van der Waals surface area contributed by atoms with E-state index in [1.807, 2.05) is 18.4 Å². The molecule has 0 saturated carbocycles. The van der Waals surface area contributed by atoms with Crippen LogP contribution in [0.4, 0.5) is 11.8 Å². The zero-order valence-electron chi connectivity index (χ0n) is 11.1. The van der Waals surface area contributed by atoms with E-state index in [4.69, 9.17) is 4.74 Å². The summed E-state index contributed by atoms with van der Waals surface area (Å²) in [6, 6.07) is 1.47. The molecule has 2 rings (SSSR count). The normalized spacial score (nSPS) is 12.2. The number of fused-ring (bicyclic) bond motifs is 1. The largest absolute Gasteiger partial charge is 0.467 e. The van der Waals surface area contributed by atoms with Gasteiger partial charge in [-0.15, -0.1) is 11.3 Å². The van der Waals surface area contributed by atoms with E-state index in [0.29, 0.717) is 11.8 Å². The van der Waals surface area contributed by atoms with Crippen LogP contribution in [0.5, 0.6) is 0 Å². The Hall–Kier alpha value is -1.89. The lowest BCUT2D eigenvalue weighted by Crippen LogP contribution is -2.27. The van der Waals surface area contributed by atoms with E-state index in [9.17, 15) is 4.79 Å². The van der Waals surface area contributed by atoms with Crippen molar-refractivity contribution in [3.05, 3.63) is 11.4 Å². The number of nitrogens with one attached hydrogen (secondary N) is 2. The number of anilines is 2. The number of thiophene rings is 1. The Morgan fingerprint density at radius 3 is 3.00 bits per heavy atom. The van der Waals surface area contributed by atoms with E-state index in [1.54, 1.807) is 6.92 Å². The molecule has 7 heteroatoms. The van der Waals surface area contributed by atoms with Gasteiger partial charge in [0.15, 0.2) is 0 Å². The van der Waals surface area contributed by atoms with Crippen LogP contribution in [0.1, 0.15) is 13.8 Å². The molecule has 0 aromatic carbocycles. The van der Waals surface area contributed by atoms with Gasteiger partial charge >= 0.3 is 5.97 Å². The molecular weight excluding hydrogens is 264 g/mol. The third-order valence-corrected chi connectivity index (χ3v) is 3.37. The van der Waals surface area contributed by atoms with Crippen LogP contribution in [0.15, 0.2) is 11.4 Å². The maximum Gasteiger partial charge on any atom is 0.328 e. The first-order chi connectivity index (χ1) is 9.15. The SMILES string of the molecule is CCNc1nc(NC(C)C(=O)OC)c2ccsc2n1. The van der Waals surface area contributed by atoms with Gasteiger partial charge in [-0.05, 0) is 25.3 Å². The minimum Gasteiger partial charge on any atom is -0.467 e. The molecule has 6 nitrogen and oxygen atoms in total. The molecule has 2 aromatic rings. The summed E-state index contributed by atoms with van der Waals surface area (Å²) >= 11 is 1.54. The minimum atomic E-state index is -0.461. The molecule has 2 N–H and O–H groups in total. The molecule has 0 bridgehead atoms.